The maximum Gasteiger partial charge on any atom is 0.309 e. The molecule has 18 heavy (non-hydrogen) atoms. The summed E-state index contributed by atoms with van der Waals surface area (Å²) in [5, 5.41) is 15.1. The zero-order chi connectivity index (χ0) is 13.0. The molecule has 2 rings (SSSR count). The van der Waals surface area contributed by atoms with Crippen LogP contribution in [-0.2, 0) is 9.59 Å². The van der Waals surface area contributed by atoms with E-state index in [9.17, 15) is 14.7 Å². The quantitative estimate of drug-likeness (QED) is 0.501. The molecule has 5 heteroatoms. The van der Waals surface area contributed by atoms with Crippen LogP contribution in [0.25, 0.3) is 0 Å². The first-order valence-electron chi connectivity index (χ1n) is 6.93. The lowest BCUT2D eigenvalue weighted by Crippen LogP contribution is -2.49. The summed E-state index contributed by atoms with van der Waals surface area (Å²) in [5.74, 6) is -0.620. The smallest absolute Gasteiger partial charge is 0.309 e. The van der Waals surface area contributed by atoms with Gasteiger partial charge in [0.2, 0.25) is 0 Å². The Kier molecular flexibility index (Phi) is 4.58. The number of carbonyl (C=O) groups excluding carboxylic acids is 2. The lowest BCUT2D eigenvalue weighted by atomic mass is 10.1. The van der Waals surface area contributed by atoms with Crippen molar-refractivity contribution in [3.8, 4) is 0 Å². The molecule has 2 atom stereocenters. The van der Waals surface area contributed by atoms with Crippen molar-refractivity contribution >= 4 is 11.8 Å². The Labute approximate surface area is 107 Å². The Balaban J connectivity index is 1.75. The number of hydrogen-bond acceptors (Lipinski definition) is 3. The van der Waals surface area contributed by atoms with Gasteiger partial charge in [0.1, 0.15) is 0 Å². The second kappa shape index (κ2) is 6.18. The van der Waals surface area contributed by atoms with Crippen LogP contribution in [0.5, 0.6) is 0 Å². The summed E-state index contributed by atoms with van der Waals surface area (Å²) in [7, 11) is 0. The fourth-order valence-electron chi connectivity index (χ4n) is 2.33. The molecule has 0 radical (unpaired) electrons. The third-order valence-electron chi connectivity index (χ3n) is 3.75. The second-order valence-electron chi connectivity index (χ2n) is 5.44. The van der Waals surface area contributed by atoms with E-state index in [1.165, 1.54) is 0 Å². The first-order valence-corrected chi connectivity index (χ1v) is 6.93. The first-order chi connectivity index (χ1) is 8.66. The van der Waals surface area contributed by atoms with Gasteiger partial charge in [-0.05, 0) is 31.6 Å². The van der Waals surface area contributed by atoms with Crippen LogP contribution in [0.3, 0.4) is 0 Å². The van der Waals surface area contributed by atoms with Crippen LogP contribution in [0.15, 0.2) is 0 Å². The zero-order valence-corrected chi connectivity index (χ0v) is 10.7. The van der Waals surface area contributed by atoms with E-state index in [0.717, 1.165) is 38.5 Å². The van der Waals surface area contributed by atoms with Gasteiger partial charge < -0.3 is 15.7 Å². The predicted molar refractivity (Wildman–Crippen MR) is 66.8 cm³/mol. The average molecular weight is 254 g/mol. The minimum absolute atomic E-state index is 0.272. The normalized spacial score (nSPS) is 28.3. The Morgan fingerprint density at radius 1 is 1.00 bits per heavy atom. The van der Waals surface area contributed by atoms with Crippen LogP contribution in [0, 0.1) is 5.92 Å². The van der Waals surface area contributed by atoms with Gasteiger partial charge in [-0.1, -0.05) is 19.3 Å². The topological polar surface area (TPSA) is 78.4 Å². The van der Waals surface area contributed by atoms with Crippen molar-refractivity contribution in [3.63, 3.8) is 0 Å². The van der Waals surface area contributed by atoms with E-state index in [1.54, 1.807) is 0 Å². The predicted octanol–water partition coefficient (Wildman–Crippen LogP) is 0.322. The molecule has 2 saturated carbocycles. The van der Waals surface area contributed by atoms with Crippen molar-refractivity contribution in [2.24, 2.45) is 5.92 Å². The maximum absolute atomic E-state index is 11.7. The van der Waals surface area contributed by atoms with Crippen LogP contribution in [0.4, 0.5) is 0 Å². The van der Waals surface area contributed by atoms with Gasteiger partial charge in [-0.3, -0.25) is 9.59 Å². The van der Waals surface area contributed by atoms with Gasteiger partial charge in [0.15, 0.2) is 0 Å². The Morgan fingerprint density at radius 3 is 2.44 bits per heavy atom. The molecular formula is C13H22N2O3. The molecule has 0 heterocycles. The Bertz CT molecular complexity index is 315. The van der Waals surface area contributed by atoms with Gasteiger partial charge in [0.05, 0.1) is 12.1 Å². The van der Waals surface area contributed by atoms with Gasteiger partial charge >= 0.3 is 11.8 Å². The maximum atomic E-state index is 11.7. The minimum atomic E-state index is -0.610. The lowest BCUT2D eigenvalue weighted by Gasteiger charge is -2.21. The molecule has 102 valence electrons. The summed E-state index contributed by atoms with van der Waals surface area (Å²) in [4.78, 5) is 23.2. The summed E-state index contributed by atoms with van der Waals surface area (Å²) in [6.45, 7) is 0.597. The Morgan fingerprint density at radius 2 is 1.72 bits per heavy atom. The standard InChI is InChI=1S/C13H22N2O3/c16-11-5-3-1-2-4-10(11)15-13(18)12(17)14-8-9-6-7-9/h9-11,16H,1-8H2,(H,14,17)(H,15,18). The van der Waals surface area contributed by atoms with Crippen molar-refractivity contribution in [1.82, 2.24) is 10.6 Å². The largest absolute Gasteiger partial charge is 0.391 e. The molecule has 2 aliphatic rings. The van der Waals surface area contributed by atoms with E-state index in [4.69, 9.17) is 0 Å². The second-order valence-corrected chi connectivity index (χ2v) is 5.44. The number of aliphatic hydroxyl groups excluding tert-OH is 1. The van der Waals surface area contributed by atoms with Gasteiger partial charge in [-0.15, -0.1) is 0 Å². The van der Waals surface area contributed by atoms with Crippen molar-refractivity contribution in [1.29, 1.82) is 0 Å². The molecule has 0 saturated heterocycles. The average Bonchev–Trinajstić information content (AvgIpc) is 3.17. The van der Waals surface area contributed by atoms with Crippen molar-refractivity contribution in [2.45, 2.75) is 57.1 Å². The van der Waals surface area contributed by atoms with Crippen molar-refractivity contribution < 1.29 is 14.7 Å². The van der Waals surface area contributed by atoms with Crippen LogP contribution in [0.2, 0.25) is 0 Å². The van der Waals surface area contributed by atoms with E-state index in [2.05, 4.69) is 10.6 Å². The summed E-state index contributed by atoms with van der Waals surface area (Å²) < 4.78 is 0. The SMILES string of the molecule is O=C(NCC1CC1)C(=O)NC1CCCCCC1O. The van der Waals surface area contributed by atoms with Crippen molar-refractivity contribution in [3.05, 3.63) is 0 Å². The Hall–Kier alpha value is -1.10. The minimum Gasteiger partial charge on any atom is -0.391 e. The number of aliphatic hydroxyl groups is 1. The number of amides is 2. The highest BCUT2D eigenvalue weighted by Gasteiger charge is 2.27. The molecule has 2 fully saturated rings. The molecule has 0 aromatic rings. The van der Waals surface area contributed by atoms with Crippen LogP contribution in [-0.4, -0.2) is 35.6 Å². The van der Waals surface area contributed by atoms with E-state index in [0.29, 0.717) is 18.9 Å². The summed E-state index contributed by atoms with van der Waals surface area (Å²) >= 11 is 0. The molecule has 2 aliphatic carbocycles. The molecule has 2 amide bonds. The molecule has 0 bridgehead atoms. The summed E-state index contributed by atoms with van der Waals surface area (Å²) in [6.07, 6.45) is 6.28. The fourth-order valence-corrected chi connectivity index (χ4v) is 2.33. The van der Waals surface area contributed by atoms with Gasteiger partial charge in [-0.25, -0.2) is 0 Å². The molecular weight excluding hydrogens is 232 g/mol. The highest BCUT2D eigenvalue weighted by Crippen LogP contribution is 2.27. The third-order valence-corrected chi connectivity index (χ3v) is 3.75. The molecule has 3 N–H and O–H groups in total. The molecule has 2 unspecified atom stereocenters. The number of hydrogen-bond donors (Lipinski definition) is 3. The monoisotopic (exact) mass is 254 g/mol. The number of carbonyl (C=O) groups is 2. The van der Waals surface area contributed by atoms with E-state index in [-0.39, 0.29) is 6.04 Å². The van der Waals surface area contributed by atoms with Gasteiger partial charge in [0.25, 0.3) is 0 Å². The number of nitrogens with one attached hydrogen (secondary N) is 2. The summed E-state index contributed by atoms with van der Waals surface area (Å²) in [5.41, 5.74) is 0. The highest BCUT2D eigenvalue weighted by molar-refractivity contribution is 6.35. The molecule has 0 aromatic heterocycles. The number of rotatable bonds is 3. The van der Waals surface area contributed by atoms with Crippen LogP contribution in [0.1, 0.15) is 44.9 Å². The van der Waals surface area contributed by atoms with Crippen LogP contribution >= 0.6 is 0 Å². The summed E-state index contributed by atoms with van der Waals surface area (Å²) in [6, 6.07) is -0.272. The first kappa shape index (κ1) is 13.3. The fraction of sp³-hybridized carbons (Fsp3) is 0.846. The molecule has 5 nitrogen and oxygen atoms in total. The molecule has 0 aliphatic heterocycles. The van der Waals surface area contributed by atoms with E-state index < -0.39 is 17.9 Å². The van der Waals surface area contributed by atoms with Crippen LogP contribution < -0.4 is 10.6 Å². The highest BCUT2D eigenvalue weighted by atomic mass is 16.3. The third kappa shape index (κ3) is 3.98. The lowest BCUT2D eigenvalue weighted by molar-refractivity contribution is -0.140. The van der Waals surface area contributed by atoms with Gasteiger partial charge in [0, 0.05) is 6.54 Å². The molecule has 0 spiro atoms. The van der Waals surface area contributed by atoms with Gasteiger partial charge in [-0.2, -0.15) is 0 Å². The van der Waals surface area contributed by atoms with Crippen molar-refractivity contribution in [2.75, 3.05) is 6.54 Å². The molecule has 0 aromatic carbocycles. The zero-order valence-electron chi connectivity index (χ0n) is 10.7. The van der Waals surface area contributed by atoms with E-state index >= 15 is 0 Å². The van der Waals surface area contributed by atoms with E-state index in [1.807, 2.05) is 0 Å².